The van der Waals surface area contributed by atoms with Crippen LogP contribution in [0.3, 0.4) is 0 Å². The van der Waals surface area contributed by atoms with Crippen LogP contribution in [-0.4, -0.2) is 124 Å². The zero-order valence-corrected chi connectivity index (χ0v) is 24.8. The molecule has 4 saturated heterocycles. The summed E-state index contributed by atoms with van der Waals surface area (Å²) in [7, 11) is 1.26. The molecule has 0 radical (unpaired) electrons. The second kappa shape index (κ2) is 14.4. The number of esters is 6. The van der Waals surface area contributed by atoms with Crippen LogP contribution in [0.2, 0.25) is 0 Å². The third kappa shape index (κ3) is 8.17. The number of ether oxygens (including phenoxy) is 11. The van der Waals surface area contributed by atoms with Crippen molar-refractivity contribution in [3.8, 4) is 0 Å². The molecule has 10 atom stereocenters. The lowest BCUT2D eigenvalue weighted by atomic mass is 9.83. The van der Waals surface area contributed by atoms with E-state index in [9.17, 15) is 28.8 Å². The van der Waals surface area contributed by atoms with Crippen molar-refractivity contribution < 1.29 is 80.9 Å². The topological polar surface area (TPSA) is 204 Å². The van der Waals surface area contributed by atoms with Gasteiger partial charge in [-0.25, -0.2) is 0 Å². The number of fused-ring (bicyclic) bond motifs is 4. The van der Waals surface area contributed by atoms with Crippen molar-refractivity contribution >= 4 is 35.8 Å². The molecule has 0 aromatic carbocycles. The van der Waals surface area contributed by atoms with Crippen LogP contribution in [0.4, 0.5) is 0 Å². The van der Waals surface area contributed by atoms with E-state index in [0.717, 1.165) is 41.5 Å². The summed E-state index contributed by atoms with van der Waals surface area (Å²) in [6, 6.07) is 0. The lowest BCUT2D eigenvalue weighted by molar-refractivity contribution is -0.377. The van der Waals surface area contributed by atoms with Gasteiger partial charge in [-0.1, -0.05) is 0 Å². The first kappa shape index (κ1) is 34.1. The molecule has 0 aliphatic carbocycles. The zero-order chi connectivity index (χ0) is 32.1. The summed E-state index contributed by atoms with van der Waals surface area (Å²) in [5, 5.41) is 0. The Labute approximate surface area is 246 Å². The Morgan fingerprint density at radius 2 is 1.28 bits per heavy atom. The number of carbonyl (C=O) groups excluding carboxylic acids is 6. The van der Waals surface area contributed by atoms with Gasteiger partial charge in [-0.05, 0) is 0 Å². The fourth-order valence-electron chi connectivity index (χ4n) is 5.18. The van der Waals surface area contributed by atoms with Crippen molar-refractivity contribution in [2.75, 3.05) is 26.9 Å². The van der Waals surface area contributed by atoms with Crippen LogP contribution in [0.25, 0.3) is 0 Å². The van der Waals surface area contributed by atoms with Gasteiger partial charge < -0.3 is 52.1 Å². The molecule has 17 nitrogen and oxygen atoms in total. The highest BCUT2D eigenvalue weighted by Gasteiger charge is 2.64. The molecule has 0 unspecified atom stereocenters. The molecule has 2 bridgehead atoms. The molecule has 4 fully saturated rings. The molecule has 0 aromatic heterocycles. The Balaban J connectivity index is 2.21. The Kier molecular flexibility index (Phi) is 11.4. The van der Waals surface area contributed by atoms with E-state index in [1.54, 1.807) is 0 Å². The van der Waals surface area contributed by atoms with Crippen LogP contribution in [0.5, 0.6) is 0 Å². The van der Waals surface area contributed by atoms with Crippen molar-refractivity contribution in [2.45, 2.75) is 102 Å². The van der Waals surface area contributed by atoms with Gasteiger partial charge in [0.25, 0.3) is 0 Å². The lowest BCUT2D eigenvalue weighted by Gasteiger charge is -2.53. The molecule has 4 aliphatic rings. The Morgan fingerprint density at radius 3 is 1.81 bits per heavy atom. The molecule has 17 heteroatoms. The van der Waals surface area contributed by atoms with Crippen LogP contribution in [-0.2, 0) is 80.9 Å². The molecular formula is C26H36O17. The van der Waals surface area contributed by atoms with Gasteiger partial charge in [0.1, 0.15) is 24.9 Å². The zero-order valence-electron chi connectivity index (χ0n) is 24.8. The van der Waals surface area contributed by atoms with Crippen LogP contribution in [0.15, 0.2) is 0 Å². The van der Waals surface area contributed by atoms with Crippen molar-refractivity contribution in [1.82, 2.24) is 0 Å². The van der Waals surface area contributed by atoms with Gasteiger partial charge in [0.2, 0.25) is 5.60 Å². The van der Waals surface area contributed by atoms with Gasteiger partial charge in [-0.2, -0.15) is 0 Å². The summed E-state index contributed by atoms with van der Waals surface area (Å²) in [5.74, 6) is -4.84. The van der Waals surface area contributed by atoms with Crippen LogP contribution in [0.1, 0.15) is 41.5 Å². The van der Waals surface area contributed by atoms with E-state index < -0.39 is 117 Å². The predicted molar refractivity (Wildman–Crippen MR) is 133 cm³/mol. The number of carbonyl (C=O) groups is 6. The standard InChI is InChI=1S/C26H36O17/c1-11(27)34-9-18-26(43-16(6)32)10-36-25(22(39-14(4)30)23(26)40-15(5)31)42-19-17(8-35-18)41-24(33-7)21(38-13(3)29)20(19)37-12(2)28/h17-25H,8-10H2,1-7H3/t17-,18-,19-,20+,21-,22-,23-,24-,25+,26+/m1/s1. The van der Waals surface area contributed by atoms with E-state index in [1.165, 1.54) is 7.11 Å². The van der Waals surface area contributed by atoms with Gasteiger partial charge >= 0.3 is 35.8 Å². The lowest BCUT2D eigenvalue weighted by Crippen LogP contribution is -2.73. The first-order chi connectivity index (χ1) is 20.2. The van der Waals surface area contributed by atoms with Crippen molar-refractivity contribution in [3.63, 3.8) is 0 Å². The fourth-order valence-corrected chi connectivity index (χ4v) is 5.18. The number of methoxy groups -OCH3 is 1. The SMILES string of the molecule is CO[C@@H]1O[C@@H]2CO[C@H](COC(C)=O)[C@@]3(OC(C)=O)CO[C@@H](O[C@H]2[C@H](OC(C)=O)[C@H]1OC(C)=O)[C@H](OC(C)=O)[C@H]3OC(C)=O. The monoisotopic (exact) mass is 620 g/mol. The van der Waals surface area contributed by atoms with Crippen LogP contribution < -0.4 is 0 Å². The van der Waals surface area contributed by atoms with Crippen LogP contribution >= 0.6 is 0 Å². The van der Waals surface area contributed by atoms with Gasteiger partial charge in [0, 0.05) is 48.7 Å². The normalized spacial score (nSPS) is 35.4. The molecule has 0 saturated carbocycles. The summed E-state index contributed by atoms with van der Waals surface area (Å²) in [6.45, 7) is 5.07. The quantitative estimate of drug-likeness (QED) is 0.238. The summed E-state index contributed by atoms with van der Waals surface area (Å²) >= 11 is 0. The minimum absolute atomic E-state index is 0.401. The molecule has 0 spiro atoms. The van der Waals surface area contributed by atoms with E-state index >= 15 is 0 Å². The number of hydrogen-bond acceptors (Lipinski definition) is 17. The van der Waals surface area contributed by atoms with Gasteiger partial charge in [-0.3, -0.25) is 28.8 Å². The third-order valence-electron chi connectivity index (χ3n) is 6.61. The minimum Gasteiger partial charge on any atom is -0.463 e. The first-order valence-electron chi connectivity index (χ1n) is 13.3. The van der Waals surface area contributed by atoms with Crippen molar-refractivity contribution in [2.24, 2.45) is 0 Å². The maximum absolute atomic E-state index is 12.4. The van der Waals surface area contributed by atoms with Crippen LogP contribution in [0, 0.1) is 0 Å². The van der Waals surface area contributed by atoms with Gasteiger partial charge in [0.05, 0.1) is 13.2 Å². The maximum atomic E-state index is 12.4. The third-order valence-corrected chi connectivity index (χ3v) is 6.61. The molecule has 4 heterocycles. The van der Waals surface area contributed by atoms with E-state index in [1.807, 2.05) is 0 Å². The van der Waals surface area contributed by atoms with Crippen molar-refractivity contribution in [3.05, 3.63) is 0 Å². The maximum Gasteiger partial charge on any atom is 0.303 e. The first-order valence-corrected chi connectivity index (χ1v) is 13.3. The predicted octanol–water partition coefficient (Wildman–Crippen LogP) is -0.910. The van der Waals surface area contributed by atoms with E-state index in [0.29, 0.717) is 0 Å². The Hall–Kier alpha value is -3.38. The second-order valence-electron chi connectivity index (χ2n) is 9.98. The summed E-state index contributed by atoms with van der Waals surface area (Å²) in [6.07, 6.45) is -12.7. The average molecular weight is 621 g/mol. The molecule has 242 valence electrons. The Bertz CT molecular complexity index is 1080. The number of rotatable bonds is 8. The molecule has 0 N–H and O–H groups in total. The Morgan fingerprint density at radius 1 is 0.698 bits per heavy atom. The van der Waals surface area contributed by atoms with E-state index in [-0.39, 0.29) is 0 Å². The highest BCUT2D eigenvalue weighted by atomic mass is 16.8. The minimum atomic E-state index is -2.04. The number of hydrogen-bond donors (Lipinski definition) is 0. The molecular weight excluding hydrogens is 584 g/mol. The average Bonchev–Trinajstić information content (AvgIpc) is 2.88. The summed E-state index contributed by atoms with van der Waals surface area (Å²) < 4.78 is 62.5. The van der Waals surface area contributed by atoms with E-state index in [2.05, 4.69) is 0 Å². The van der Waals surface area contributed by atoms with Gasteiger partial charge in [-0.15, -0.1) is 0 Å². The fraction of sp³-hybridized carbons (Fsp3) is 0.769. The molecule has 4 aliphatic heterocycles. The second-order valence-corrected chi connectivity index (χ2v) is 9.98. The molecule has 4 rings (SSSR count). The molecule has 0 amide bonds. The highest BCUT2D eigenvalue weighted by Crippen LogP contribution is 2.41. The molecule has 0 aromatic rings. The molecule has 43 heavy (non-hydrogen) atoms. The van der Waals surface area contributed by atoms with Crippen molar-refractivity contribution in [1.29, 1.82) is 0 Å². The highest BCUT2D eigenvalue weighted by molar-refractivity contribution is 5.69. The largest absolute Gasteiger partial charge is 0.463 e. The summed E-state index contributed by atoms with van der Waals surface area (Å²) in [5.41, 5.74) is -2.04. The van der Waals surface area contributed by atoms with Gasteiger partial charge in [0.15, 0.2) is 37.0 Å². The smallest absolute Gasteiger partial charge is 0.303 e. The van der Waals surface area contributed by atoms with E-state index in [4.69, 9.17) is 52.1 Å². The summed E-state index contributed by atoms with van der Waals surface area (Å²) in [4.78, 5) is 73.0.